The van der Waals surface area contributed by atoms with Crippen molar-refractivity contribution in [1.29, 1.82) is 0 Å². The summed E-state index contributed by atoms with van der Waals surface area (Å²) < 4.78 is 5.23. The number of benzene rings is 1. The third-order valence-corrected chi connectivity index (χ3v) is 6.24. The van der Waals surface area contributed by atoms with E-state index < -0.39 is 42.0 Å². The van der Waals surface area contributed by atoms with E-state index in [4.69, 9.17) is 4.74 Å². The number of imide groups is 1. The number of urea groups is 1. The molecule has 3 atom stereocenters. The number of anilines is 1. The number of esters is 1. The van der Waals surface area contributed by atoms with Gasteiger partial charge in [-0.3, -0.25) is 19.3 Å². The van der Waals surface area contributed by atoms with Gasteiger partial charge >= 0.3 is 12.0 Å². The van der Waals surface area contributed by atoms with Crippen LogP contribution >= 0.6 is 0 Å². The lowest BCUT2D eigenvalue weighted by atomic mass is 9.64. The summed E-state index contributed by atoms with van der Waals surface area (Å²) in [4.78, 5) is 51.5. The van der Waals surface area contributed by atoms with Crippen LogP contribution in [0.1, 0.15) is 58.1 Å². The molecule has 1 saturated heterocycles. The SMILES string of the molecule is Cc1ccc(C)c(NC(=O)C(C)OC(=O)CN2C(=O)NC3(CC(C)CC(C)(C)C3)C2=O)c1. The molecule has 3 unspecified atom stereocenters. The van der Waals surface area contributed by atoms with Crippen molar-refractivity contribution in [3.63, 3.8) is 0 Å². The third kappa shape index (κ3) is 4.95. The van der Waals surface area contributed by atoms with Gasteiger partial charge in [-0.15, -0.1) is 0 Å². The van der Waals surface area contributed by atoms with Crippen LogP contribution in [0.15, 0.2) is 18.2 Å². The summed E-state index contributed by atoms with van der Waals surface area (Å²) >= 11 is 0. The van der Waals surface area contributed by atoms with Crippen LogP contribution in [0.3, 0.4) is 0 Å². The van der Waals surface area contributed by atoms with Crippen LogP contribution in [0, 0.1) is 25.2 Å². The first kappa shape index (κ1) is 23.8. The zero-order chi connectivity index (χ0) is 23.8. The number of rotatable bonds is 5. The van der Waals surface area contributed by atoms with Crippen LogP contribution in [-0.4, -0.2) is 46.9 Å². The third-order valence-electron chi connectivity index (χ3n) is 6.24. The predicted molar refractivity (Wildman–Crippen MR) is 120 cm³/mol. The van der Waals surface area contributed by atoms with Crippen molar-refractivity contribution in [3.8, 4) is 0 Å². The summed E-state index contributed by atoms with van der Waals surface area (Å²) in [5, 5.41) is 5.58. The van der Waals surface area contributed by atoms with Crippen molar-refractivity contribution in [1.82, 2.24) is 10.2 Å². The number of aryl methyl sites for hydroxylation is 2. The van der Waals surface area contributed by atoms with E-state index >= 15 is 0 Å². The summed E-state index contributed by atoms with van der Waals surface area (Å²) in [5.41, 5.74) is 1.44. The molecule has 8 nitrogen and oxygen atoms in total. The summed E-state index contributed by atoms with van der Waals surface area (Å²) in [6, 6.07) is 5.07. The number of carbonyl (C=O) groups excluding carboxylic acids is 4. The van der Waals surface area contributed by atoms with E-state index in [0.717, 1.165) is 22.4 Å². The molecular weight excluding hydrogens is 410 g/mol. The molecule has 4 amide bonds. The van der Waals surface area contributed by atoms with E-state index in [-0.39, 0.29) is 11.3 Å². The van der Waals surface area contributed by atoms with E-state index in [9.17, 15) is 19.2 Å². The van der Waals surface area contributed by atoms with E-state index in [1.165, 1.54) is 6.92 Å². The molecule has 1 heterocycles. The molecule has 0 bridgehead atoms. The topological polar surface area (TPSA) is 105 Å². The Hall–Kier alpha value is -2.90. The average molecular weight is 444 g/mol. The number of nitrogens with one attached hydrogen (secondary N) is 2. The Morgan fingerprint density at radius 1 is 1.25 bits per heavy atom. The fraction of sp³-hybridized carbons (Fsp3) is 0.583. The molecule has 1 aromatic carbocycles. The first-order chi connectivity index (χ1) is 14.8. The highest BCUT2D eigenvalue weighted by atomic mass is 16.5. The zero-order valence-corrected chi connectivity index (χ0v) is 19.7. The van der Waals surface area contributed by atoms with Crippen LogP contribution in [0.4, 0.5) is 10.5 Å². The van der Waals surface area contributed by atoms with Gasteiger partial charge in [0.25, 0.3) is 11.8 Å². The van der Waals surface area contributed by atoms with Crippen molar-refractivity contribution in [2.24, 2.45) is 11.3 Å². The Labute approximate surface area is 189 Å². The summed E-state index contributed by atoms with van der Waals surface area (Å²) in [5.74, 6) is -1.42. The van der Waals surface area contributed by atoms with Crippen molar-refractivity contribution >= 4 is 29.5 Å². The lowest BCUT2D eigenvalue weighted by Gasteiger charge is -2.43. The zero-order valence-electron chi connectivity index (χ0n) is 19.7. The molecule has 1 aromatic rings. The summed E-state index contributed by atoms with van der Waals surface area (Å²) in [6.45, 7) is 10.9. The number of carbonyl (C=O) groups is 4. The molecule has 1 aliphatic carbocycles. The first-order valence-corrected chi connectivity index (χ1v) is 11.0. The normalized spacial score (nSPS) is 25.4. The Kier molecular flexibility index (Phi) is 6.36. The highest BCUT2D eigenvalue weighted by molar-refractivity contribution is 6.09. The van der Waals surface area contributed by atoms with Gasteiger partial charge in [0.15, 0.2) is 6.10 Å². The predicted octanol–water partition coefficient (Wildman–Crippen LogP) is 3.31. The number of hydrogen-bond donors (Lipinski definition) is 2. The van der Waals surface area contributed by atoms with Crippen molar-refractivity contribution in [2.75, 3.05) is 11.9 Å². The molecule has 32 heavy (non-hydrogen) atoms. The second kappa shape index (κ2) is 8.56. The van der Waals surface area contributed by atoms with E-state index in [1.807, 2.05) is 32.0 Å². The Bertz CT molecular complexity index is 957. The number of hydrogen-bond acceptors (Lipinski definition) is 5. The van der Waals surface area contributed by atoms with Gasteiger partial charge in [-0.05, 0) is 68.6 Å². The first-order valence-electron chi connectivity index (χ1n) is 11.0. The van der Waals surface area contributed by atoms with Gasteiger partial charge in [-0.1, -0.05) is 32.9 Å². The molecule has 1 aliphatic heterocycles. The van der Waals surface area contributed by atoms with Crippen molar-refractivity contribution < 1.29 is 23.9 Å². The molecule has 0 radical (unpaired) electrons. The maximum absolute atomic E-state index is 13.1. The van der Waals surface area contributed by atoms with Gasteiger partial charge in [-0.25, -0.2) is 4.79 Å². The molecule has 174 valence electrons. The van der Waals surface area contributed by atoms with E-state index in [0.29, 0.717) is 18.5 Å². The largest absolute Gasteiger partial charge is 0.451 e. The Balaban J connectivity index is 1.62. The van der Waals surface area contributed by atoms with Gasteiger partial charge < -0.3 is 15.4 Å². The van der Waals surface area contributed by atoms with Crippen LogP contribution < -0.4 is 10.6 Å². The van der Waals surface area contributed by atoms with Crippen LogP contribution in [0.5, 0.6) is 0 Å². The Morgan fingerprint density at radius 3 is 2.59 bits per heavy atom. The van der Waals surface area contributed by atoms with Gasteiger partial charge in [0.05, 0.1) is 0 Å². The molecule has 1 spiro atoms. The summed E-state index contributed by atoms with van der Waals surface area (Å²) in [7, 11) is 0. The number of amides is 4. The minimum atomic E-state index is -1.08. The van der Waals surface area contributed by atoms with E-state index in [2.05, 4.69) is 31.4 Å². The minimum absolute atomic E-state index is 0.0996. The highest BCUT2D eigenvalue weighted by Gasteiger charge is 2.56. The van der Waals surface area contributed by atoms with Gasteiger partial charge in [0.1, 0.15) is 12.1 Å². The molecule has 2 aliphatic rings. The average Bonchev–Trinajstić information content (AvgIpc) is 2.86. The molecular formula is C24H33N3O5. The monoisotopic (exact) mass is 443 g/mol. The maximum atomic E-state index is 13.1. The van der Waals surface area contributed by atoms with Gasteiger partial charge in [0.2, 0.25) is 0 Å². The molecule has 2 fully saturated rings. The fourth-order valence-electron chi connectivity index (χ4n) is 5.17. The second-order valence-corrected chi connectivity index (χ2v) is 10.2. The Morgan fingerprint density at radius 2 is 1.94 bits per heavy atom. The molecule has 0 aromatic heterocycles. The number of ether oxygens (including phenoxy) is 1. The van der Waals surface area contributed by atoms with E-state index in [1.54, 1.807) is 0 Å². The summed E-state index contributed by atoms with van der Waals surface area (Å²) in [6.07, 6.45) is 0.953. The van der Waals surface area contributed by atoms with Crippen molar-refractivity contribution in [3.05, 3.63) is 29.3 Å². The lowest BCUT2D eigenvalue weighted by Crippen LogP contribution is -2.54. The quantitative estimate of drug-likeness (QED) is 0.537. The van der Waals surface area contributed by atoms with Crippen LogP contribution in [0.2, 0.25) is 0 Å². The van der Waals surface area contributed by atoms with Gasteiger partial charge in [0, 0.05) is 5.69 Å². The second-order valence-electron chi connectivity index (χ2n) is 10.2. The highest BCUT2D eigenvalue weighted by Crippen LogP contribution is 2.46. The maximum Gasteiger partial charge on any atom is 0.327 e. The lowest BCUT2D eigenvalue weighted by molar-refractivity contribution is -0.155. The smallest absolute Gasteiger partial charge is 0.327 e. The number of nitrogens with zero attached hydrogens (tertiary/aromatic N) is 1. The minimum Gasteiger partial charge on any atom is -0.451 e. The van der Waals surface area contributed by atoms with Crippen LogP contribution in [-0.2, 0) is 19.1 Å². The van der Waals surface area contributed by atoms with Crippen molar-refractivity contribution in [2.45, 2.75) is 72.4 Å². The molecule has 3 rings (SSSR count). The molecule has 8 heteroatoms. The molecule has 2 N–H and O–H groups in total. The van der Waals surface area contributed by atoms with Crippen LogP contribution in [0.25, 0.3) is 0 Å². The molecule has 1 saturated carbocycles. The fourth-order valence-corrected chi connectivity index (χ4v) is 5.17. The van der Waals surface area contributed by atoms with Gasteiger partial charge in [-0.2, -0.15) is 0 Å². The standard InChI is InChI=1S/C24H33N3O5/c1-14-7-8-16(3)18(9-14)25-20(29)17(4)32-19(28)12-27-21(30)24(26-22(27)31)11-15(2)10-23(5,6)13-24/h7-9,15,17H,10-13H2,1-6H3,(H,25,29)(H,26,31).